The summed E-state index contributed by atoms with van der Waals surface area (Å²) in [7, 11) is -0.557. The quantitative estimate of drug-likeness (QED) is 0.446. The average molecular weight is 487 g/mol. The molecule has 0 spiro atoms. The molecular weight excluding hydrogens is 455 g/mol. The van der Waals surface area contributed by atoms with Crippen molar-refractivity contribution in [2.24, 2.45) is 0 Å². The first kappa shape index (κ1) is 24.2. The number of aromatic nitrogens is 2. The summed E-state index contributed by atoms with van der Waals surface area (Å²) in [6.07, 6.45) is 6.94. The Balaban J connectivity index is 1.63. The van der Waals surface area contributed by atoms with E-state index in [1.807, 2.05) is 19.1 Å². The molecular formula is C25H31FN4O3S. The normalized spacial score (nSPS) is 19.9. The van der Waals surface area contributed by atoms with Crippen molar-refractivity contribution in [3.8, 4) is 5.75 Å². The predicted octanol–water partition coefficient (Wildman–Crippen LogP) is 5.22. The number of aryl methyl sites for hydroxylation is 1. The van der Waals surface area contributed by atoms with E-state index in [1.165, 1.54) is 18.5 Å². The molecule has 1 aromatic heterocycles. The van der Waals surface area contributed by atoms with Gasteiger partial charge in [-0.2, -0.15) is 0 Å². The van der Waals surface area contributed by atoms with Crippen LogP contribution in [0, 0.1) is 12.7 Å². The van der Waals surface area contributed by atoms with E-state index in [0.29, 0.717) is 22.8 Å². The molecule has 4 rings (SSSR count). The molecule has 1 unspecified atom stereocenters. The van der Waals surface area contributed by atoms with E-state index in [9.17, 15) is 8.60 Å². The fourth-order valence-electron chi connectivity index (χ4n) is 4.23. The predicted molar refractivity (Wildman–Crippen MR) is 137 cm³/mol. The van der Waals surface area contributed by atoms with Crippen molar-refractivity contribution in [2.45, 2.75) is 51.7 Å². The topological polar surface area (TPSA) is 85.4 Å². The first-order valence-corrected chi connectivity index (χ1v) is 13.4. The smallest absolute Gasteiger partial charge is 0.146 e. The Bertz CT molecular complexity index is 1300. The van der Waals surface area contributed by atoms with E-state index in [2.05, 4.69) is 20.0 Å². The lowest BCUT2D eigenvalue weighted by Gasteiger charge is -2.28. The SMILES string of the molecule is CC=S(C)(=O)Nc1cc(C)c2c(Nc3ccc(F)cc3OC3CCC(OC)CC3)ncnc2c1. The zero-order valence-electron chi connectivity index (χ0n) is 19.9. The number of hydrogen-bond donors (Lipinski definition) is 2. The second-order valence-corrected chi connectivity index (χ2v) is 11.2. The van der Waals surface area contributed by atoms with Crippen molar-refractivity contribution in [1.82, 2.24) is 9.97 Å². The third kappa shape index (κ3) is 5.59. The van der Waals surface area contributed by atoms with Crippen molar-refractivity contribution in [2.75, 3.05) is 23.4 Å². The monoisotopic (exact) mass is 486 g/mol. The van der Waals surface area contributed by atoms with Gasteiger partial charge in [0.25, 0.3) is 0 Å². The number of hydrogen-bond acceptors (Lipinski definition) is 6. The highest BCUT2D eigenvalue weighted by Gasteiger charge is 2.23. The van der Waals surface area contributed by atoms with Crippen LogP contribution in [0.4, 0.5) is 21.6 Å². The third-order valence-corrected chi connectivity index (χ3v) is 7.69. The van der Waals surface area contributed by atoms with Gasteiger partial charge in [0.15, 0.2) is 0 Å². The summed E-state index contributed by atoms with van der Waals surface area (Å²) in [6.45, 7) is 3.71. The summed E-state index contributed by atoms with van der Waals surface area (Å²) >= 11 is 0. The van der Waals surface area contributed by atoms with Gasteiger partial charge in [0, 0.05) is 40.2 Å². The molecule has 0 bridgehead atoms. The number of nitrogens with one attached hydrogen (secondary N) is 2. The van der Waals surface area contributed by atoms with Gasteiger partial charge in [0.1, 0.15) is 23.7 Å². The number of anilines is 3. The highest BCUT2D eigenvalue weighted by Crippen LogP contribution is 2.35. The third-order valence-electron chi connectivity index (χ3n) is 6.15. The fourth-order valence-corrected chi connectivity index (χ4v) is 4.93. The van der Waals surface area contributed by atoms with Gasteiger partial charge in [0.2, 0.25) is 0 Å². The highest BCUT2D eigenvalue weighted by atomic mass is 32.2. The summed E-state index contributed by atoms with van der Waals surface area (Å²) < 4.78 is 41.3. The maximum absolute atomic E-state index is 14.1. The number of halogens is 1. The largest absolute Gasteiger partial charge is 0.488 e. The Morgan fingerprint density at radius 1 is 1.12 bits per heavy atom. The van der Waals surface area contributed by atoms with E-state index in [0.717, 1.165) is 42.3 Å². The maximum Gasteiger partial charge on any atom is 0.146 e. The number of ether oxygens (including phenoxy) is 2. The molecule has 7 nitrogen and oxygen atoms in total. The van der Waals surface area contributed by atoms with Crippen LogP contribution >= 0.6 is 0 Å². The van der Waals surface area contributed by atoms with Gasteiger partial charge >= 0.3 is 0 Å². The lowest BCUT2D eigenvalue weighted by Crippen LogP contribution is -2.27. The lowest BCUT2D eigenvalue weighted by molar-refractivity contribution is 0.0329. The highest BCUT2D eigenvalue weighted by molar-refractivity contribution is 8.01. The van der Waals surface area contributed by atoms with Crippen LogP contribution in [0.5, 0.6) is 5.75 Å². The molecule has 1 aliphatic carbocycles. The van der Waals surface area contributed by atoms with Crippen LogP contribution in [0.3, 0.4) is 0 Å². The first-order chi connectivity index (χ1) is 16.3. The molecule has 0 amide bonds. The molecule has 1 heterocycles. The van der Waals surface area contributed by atoms with Gasteiger partial charge in [-0.25, -0.2) is 18.6 Å². The van der Waals surface area contributed by atoms with E-state index < -0.39 is 9.71 Å². The minimum absolute atomic E-state index is 0.00512. The van der Waals surface area contributed by atoms with E-state index in [4.69, 9.17) is 9.47 Å². The van der Waals surface area contributed by atoms with Gasteiger partial charge in [-0.1, -0.05) is 0 Å². The summed E-state index contributed by atoms with van der Waals surface area (Å²) in [5.41, 5.74) is 2.97. The molecule has 1 saturated carbocycles. The Morgan fingerprint density at radius 2 is 1.85 bits per heavy atom. The van der Waals surface area contributed by atoms with Crippen LogP contribution in [0.1, 0.15) is 38.2 Å². The Labute approximate surface area is 200 Å². The fraction of sp³-hybridized carbons (Fsp3) is 0.400. The van der Waals surface area contributed by atoms with Gasteiger partial charge in [-0.3, -0.25) is 0 Å². The molecule has 2 aromatic carbocycles. The van der Waals surface area contributed by atoms with Crippen LogP contribution in [0.2, 0.25) is 0 Å². The summed E-state index contributed by atoms with van der Waals surface area (Å²) in [5.74, 6) is 0.683. The zero-order chi connectivity index (χ0) is 24.3. The molecule has 1 fully saturated rings. The number of fused-ring (bicyclic) bond motifs is 1. The van der Waals surface area contributed by atoms with Crippen LogP contribution in [0.15, 0.2) is 36.7 Å². The second kappa shape index (κ2) is 10.1. The first-order valence-electron chi connectivity index (χ1n) is 11.4. The molecule has 182 valence electrons. The zero-order valence-corrected chi connectivity index (χ0v) is 20.7. The van der Waals surface area contributed by atoms with Gasteiger partial charge in [0.05, 0.1) is 23.4 Å². The van der Waals surface area contributed by atoms with Crippen molar-refractivity contribution >= 4 is 43.2 Å². The summed E-state index contributed by atoms with van der Waals surface area (Å²) in [4.78, 5) is 8.85. The Hall–Kier alpha value is -2.91. The minimum atomic E-state index is -2.29. The van der Waals surface area contributed by atoms with Gasteiger partial charge < -0.3 is 19.5 Å². The molecule has 9 heteroatoms. The van der Waals surface area contributed by atoms with E-state index >= 15 is 0 Å². The number of methoxy groups -OCH3 is 1. The van der Waals surface area contributed by atoms with Crippen molar-refractivity contribution in [3.05, 3.63) is 48.0 Å². The number of nitrogens with zero attached hydrogens (tertiary/aromatic N) is 2. The van der Waals surface area contributed by atoms with Crippen LogP contribution in [-0.4, -0.2) is 45.1 Å². The van der Waals surface area contributed by atoms with E-state index in [-0.39, 0.29) is 18.0 Å². The van der Waals surface area contributed by atoms with Crippen LogP contribution in [-0.2, 0) is 14.4 Å². The summed E-state index contributed by atoms with van der Waals surface area (Å²) in [6, 6.07) is 8.22. The lowest BCUT2D eigenvalue weighted by atomic mass is 9.95. The van der Waals surface area contributed by atoms with E-state index in [1.54, 1.807) is 31.7 Å². The number of benzene rings is 2. The Morgan fingerprint density at radius 3 is 2.56 bits per heavy atom. The van der Waals surface area contributed by atoms with Crippen molar-refractivity contribution < 1.29 is 18.1 Å². The average Bonchev–Trinajstić information content (AvgIpc) is 2.81. The standard InChI is InChI=1S/C25H31FN4O3S/c1-5-34(4,31)30-18-12-16(2)24-22(14-18)27-15-28-25(24)29-21-11-6-17(26)13-23(21)33-20-9-7-19(32-3)8-10-20/h5-6,11-15,19-20H,7-10H2,1-4H3,(H,30,31)(H,27,28,29). The van der Waals surface area contributed by atoms with Crippen LogP contribution in [0.25, 0.3) is 10.9 Å². The molecule has 1 atom stereocenters. The molecule has 2 N–H and O–H groups in total. The van der Waals surface area contributed by atoms with Crippen LogP contribution < -0.4 is 14.8 Å². The maximum atomic E-state index is 14.1. The van der Waals surface area contributed by atoms with Crippen molar-refractivity contribution in [1.29, 1.82) is 0 Å². The molecule has 0 radical (unpaired) electrons. The van der Waals surface area contributed by atoms with Crippen molar-refractivity contribution in [3.63, 3.8) is 0 Å². The Kier molecular flexibility index (Phi) is 7.23. The minimum Gasteiger partial charge on any atom is -0.488 e. The number of rotatable bonds is 7. The molecule has 0 aliphatic heterocycles. The molecule has 1 aliphatic rings. The van der Waals surface area contributed by atoms with Gasteiger partial charge in [-0.05, 0) is 74.7 Å². The summed E-state index contributed by atoms with van der Waals surface area (Å²) in [5, 5.41) is 5.80. The molecule has 34 heavy (non-hydrogen) atoms. The second-order valence-electron chi connectivity index (χ2n) is 8.67. The molecule has 0 saturated heterocycles. The molecule has 3 aromatic rings. The van der Waals surface area contributed by atoms with Gasteiger partial charge in [-0.15, -0.1) is 0 Å².